The van der Waals surface area contributed by atoms with Crippen LogP contribution in [0.3, 0.4) is 0 Å². The molecule has 1 rings (SSSR count). The fraction of sp³-hybridized carbons (Fsp3) is 0.538. The van der Waals surface area contributed by atoms with Crippen molar-refractivity contribution in [1.82, 2.24) is 5.32 Å². The third-order valence-electron chi connectivity index (χ3n) is 2.21. The van der Waals surface area contributed by atoms with E-state index in [1.807, 2.05) is 30.8 Å². The molecule has 0 radical (unpaired) electrons. The molecule has 0 aliphatic carbocycles. The molecule has 0 spiro atoms. The van der Waals surface area contributed by atoms with Crippen LogP contribution in [0.25, 0.3) is 0 Å². The zero-order valence-electron chi connectivity index (χ0n) is 10.2. The molecule has 1 aromatic rings. The molecular weight excluding hydrogens is 254 g/mol. The Balaban J connectivity index is 1.95. The molecule has 0 unspecified atom stereocenters. The van der Waals surface area contributed by atoms with Gasteiger partial charge in [-0.2, -0.15) is 0 Å². The van der Waals surface area contributed by atoms with Gasteiger partial charge >= 0.3 is 0 Å². The molecule has 17 heavy (non-hydrogen) atoms. The summed E-state index contributed by atoms with van der Waals surface area (Å²) >= 11 is 7.67. The van der Waals surface area contributed by atoms with Crippen LogP contribution in [0.5, 0.6) is 0 Å². The molecule has 96 valence electrons. The normalized spacial score (nSPS) is 10.7. The Morgan fingerprint density at radius 2 is 2.00 bits per heavy atom. The van der Waals surface area contributed by atoms with Crippen molar-refractivity contribution in [3.63, 3.8) is 0 Å². The van der Waals surface area contributed by atoms with Crippen LogP contribution in [0.15, 0.2) is 29.2 Å². The minimum atomic E-state index is 0.795. The van der Waals surface area contributed by atoms with E-state index in [0.717, 1.165) is 43.5 Å². The minimum Gasteiger partial charge on any atom is -0.382 e. The summed E-state index contributed by atoms with van der Waals surface area (Å²) in [6, 6.07) is 7.98. The lowest BCUT2D eigenvalue weighted by atomic mass is 10.4. The van der Waals surface area contributed by atoms with E-state index >= 15 is 0 Å². The first kappa shape index (κ1) is 14.8. The summed E-state index contributed by atoms with van der Waals surface area (Å²) in [4.78, 5) is 1.27. The summed E-state index contributed by atoms with van der Waals surface area (Å²) in [6.45, 7) is 5.75. The summed E-state index contributed by atoms with van der Waals surface area (Å²) in [6.07, 6.45) is 1.08. The highest BCUT2D eigenvalue weighted by Gasteiger charge is 1.94. The molecule has 1 N–H and O–H groups in total. The lowest BCUT2D eigenvalue weighted by Gasteiger charge is -2.05. The second kappa shape index (κ2) is 9.77. The number of hydrogen-bond acceptors (Lipinski definition) is 3. The standard InChI is InChI=1S/C13H20ClNOS/c1-2-16-10-3-8-15-9-11-17-13-6-4-12(14)5-7-13/h4-7,15H,2-3,8-11H2,1H3. The van der Waals surface area contributed by atoms with Crippen molar-refractivity contribution in [2.45, 2.75) is 18.2 Å². The van der Waals surface area contributed by atoms with Gasteiger partial charge in [0, 0.05) is 35.4 Å². The summed E-state index contributed by atoms with van der Waals surface area (Å²) in [5, 5.41) is 4.19. The molecule has 2 nitrogen and oxygen atoms in total. The van der Waals surface area contributed by atoms with Crippen molar-refractivity contribution in [1.29, 1.82) is 0 Å². The number of thioether (sulfide) groups is 1. The maximum absolute atomic E-state index is 5.82. The fourth-order valence-electron chi connectivity index (χ4n) is 1.34. The van der Waals surface area contributed by atoms with Gasteiger partial charge in [-0.3, -0.25) is 0 Å². The monoisotopic (exact) mass is 273 g/mol. The van der Waals surface area contributed by atoms with Crippen molar-refractivity contribution < 1.29 is 4.74 Å². The Hall–Kier alpha value is -0.220. The predicted molar refractivity (Wildman–Crippen MR) is 76.2 cm³/mol. The highest BCUT2D eigenvalue weighted by atomic mass is 35.5. The molecule has 4 heteroatoms. The van der Waals surface area contributed by atoms with Crippen LogP contribution in [-0.4, -0.2) is 32.1 Å². The summed E-state index contributed by atoms with van der Waals surface area (Å²) in [5.74, 6) is 1.08. The Bertz CT molecular complexity index is 292. The second-order valence-electron chi connectivity index (χ2n) is 3.60. The molecule has 1 aromatic carbocycles. The van der Waals surface area contributed by atoms with Gasteiger partial charge in [0.25, 0.3) is 0 Å². The van der Waals surface area contributed by atoms with E-state index in [9.17, 15) is 0 Å². The molecule has 0 heterocycles. The Morgan fingerprint density at radius 1 is 1.24 bits per heavy atom. The van der Waals surface area contributed by atoms with E-state index in [1.54, 1.807) is 0 Å². The van der Waals surface area contributed by atoms with Crippen LogP contribution in [-0.2, 0) is 4.74 Å². The number of hydrogen-bond donors (Lipinski definition) is 1. The van der Waals surface area contributed by atoms with Gasteiger partial charge in [0.1, 0.15) is 0 Å². The second-order valence-corrected chi connectivity index (χ2v) is 5.21. The largest absolute Gasteiger partial charge is 0.382 e. The smallest absolute Gasteiger partial charge is 0.0477 e. The van der Waals surface area contributed by atoms with Crippen molar-refractivity contribution in [3.8, 4) is 0 Å². The Morgan fingerprint density at radius 3 is 2.71 bits per heavy atom. The molecule has 0 saturated carbocycles. The molecule has 0 atom stereocenters. The van der Waals surface area contributed by atoms with Gasteiger partial charge in [0.15, 0.2) is 0 Å². The highest BCUT2D eigenvalue weighted by Crippen LogP contribution is 2.19. The summed E-state index contributed by atoms with van der Waals surface area (Å²) in [5.41, 5.74) is 0. The molecule has 0 aliphatic rings. The van der Waals surface area contributed by atoms with Gasteiger partial charge in [0.2, 0.25) is 0 Å². The molecule has 0 aromatic heterocycles. The maximum atomic E-state index is 5.82. The molecular formula is C13H20ClNOS. The van der Waals surface area contributed by atoms with Gasteiger partial charge in [-0.05, 0) is 44.2 Å². The minimum absolute atomic E-state index is 0.795. The van der Waals surface area contributed by atoms with E-state index in [4.69, 9.17) is 16.3 Å². The first-order valence-electron chi connectivity index (χ1n) is 5.99. The van der Waals surface area contributed by atoms with Crippen LogP contribution >= 0.6 is 23.4 Å². The lowest BCUT2D eigenvalue weighted by molar-refractivity contribution is 0.145. The average Bonchev–Trinajstić information content (AvgIpc) is 2.35. The van der Waals surface area contributed by atoms with Crippen LogP contribution in [0, 0.1) is 0 Å². The zero-order valence-corrected chi connectivity index (χ0v) is 11.8. The first-order valence-corrected chi connectivity index (χ1v) is 7.36. The number of nitrogens with one attached hydrogen (secondary N) is 1. The van der Waals surface area contributed by atoms with E-state index in [2.05, 4.69) is 17.4 Å². The summed E-state index contributed by atoms with van der Waals surface area (Å²) < 4.78 is 5.26. The van der Waals surface area contributed by atoms with E-state index in [0.29, 0.717) is 0 Å². The van der Waals surface area contributed by atoms with Gasteiger partial charge in [-0.1, -0.05) is 11.6 Å². The van der Waals surface area contributed by atoms with Crippen LogP contribution in [0.4, 0.5) is 0 Å². The van der Waals surface area contributed by atoms with Crippen molar-refractivity contribution >= 4 is 23.4 Å². The van der Waals surface area contributed by atoms with E-state index in [-0.39, 0.29) is 0 Å². The van der Waals surface area contributed by atoms with Crippen molar-refractivity contribution in [3.05, 3.63) is 29.3 Å². The van der Waals surface area contributed by atoms with E-state index < -0.39 is 0 Å². The van der Waals surface area contributed by atoms with Gasteiger partial charge in [-0.15, -0.1) is 11.8 Å². The van der Waals surface area contributed by atoms with Gasteiger partial charge in [-0.25, -0.2) is 0 Å². The van der Waals surface area contributed by atoms with Crippen LogP contribution in [0.1, 0.15) is 13.3 Å². The molecule has 0 aliphatic heterocycles. The van der Waals surface area contributed by atoms with Gasteiger partial charge in [0.05, 0.1) is 0 Å². The average molecular weight is 274 g/mol. The van der Waals surface area contributed by atoms with Crippen molar-refractivity contribution in [2.75, 3.05) is 32.1 Å². The number of benzene rings is 1. The Kier molecular flexibility index (Phi) is 8.53. The first-order chi connectivity index (χ1) is 8.33. The topological polar surface area (TPSA) is 21.3 Å². The summed E-state index contributed by atoms with van der Waals surface area (Å²) in [7, 11) is 0. The SMILES string of the molecule is CCOCCCNCCSc1ccc(Cl)cc1. The number of ether oxygens (including phenoxy) is 1. The Labute approximate surface area is 113 Å². The third-order valence-corrected chi connectivity index (χ3v) is 3.47. The highest BCUT2D eigenvalue weighted by molar-refractivity contribution is 7.99. The molecule has 0 amide bonds. The third kappa shape index (κ3) is 7.66. The molecule has 0 bridgehead atoms. The molecule has 0 saturated heterocycles. The van der Waals surface area contributed by atoms with Crippen LogP contribution < -0.4 is 5.32 Å². The van der Waals surface area contributed by atoms with Gasteiger partial charge < -0.3 is 10.1 Å². The lowest BCUT2D eigenvalue weighted by Crippen LogP contribution is -2.19. The van der Waals surface area contributed by atoms with E-state index in [1.165, 1.54) is 4.90 Å². The quantitative estimate of drug-likeness (QED) is 0.550. The molecule has 0 fully saturated rings. The maximum Gasteiger partial charge on any atom is 0.0477 e. The number of rotatable bonds is 9. The van der Waals surface area contributed by atoms with Crippen molar-refractivity contribution in [2.24, 2.45) is 0 Å². The number of halogens is 1. The zero-order chi connectivity index (χ0) is 12.3. The van der Waals surface area contributed by atoms with Crippen LogP contribution in [0.2, 0.25) is 5.02 Å². The predicted octanol–water partition coefficient (Wildman–Crippen LogP) is 3.45. The fourth-order valence-corrected chi connectivity index (χ4v) is 2.28.